The number of carbonyl (C=O) groups is 1. The fourth-order valence-electron chi connectivity index (χ4n) is 3.26. The molecule has 0 radical (unpaired) electrons. The molecule has 2 aromatic rings. The first-order valence-corrected chi connectivity index (χ1v) is 9.46. The minimum atomic E-state index is 0.0137. The second-order valence-electron chi connectivity index (χ2n) is 7.00. The maximum Gasteiger partial charge on any atom is 0.250 e. The van der Waals surface area contributed by atoms with Gasteiger partial charge < -0.3 is 4.90 Å². The molecule has 0 fully saturated rings. The third-order valence-electron chi connectivity index (χ3n) is 4.80. The SMILES string of the molecule is CCN(C(=O)Cn1nnc(-c2ccc(C(C)C)cc2)n1)C1=CCCCC1. The van der Waals surface area contributed by atoms with Crippen molar-refractivity contribution in [1.82, 2.24) is 25.1 Å². The zero-order chi connectivity index (χ0) is 18.5. The number of benzene rings is 1. The van der Waals surface area contributed by atoms with Crippen LogP contribution in [-0.2, 0) is 11.3 Å². The molecule has 0 saturated carbocycles. The van der Waals surface area contributed by atoms with Crippen LogP contribution >= 0.6 is 0 Å². The van der Waals surface area contributed by atoms with Crippen molar-refractivity contribution in [3.8, 4) is 11.4 Å². The number of hydrogen-bond acceptors (Lipinski definition) is 4. The maximum absolute atomic E-state index is 12.7. The third-order valence-corrected chi connectivity index (χ3v) is 4.80. The Bertz CT molecular complexity index is 776. The molecule has 3 rings (SSSR count). The van der Waals surface area contributed by atoms with Crippen LogP contribution in [0.25, 0.3) is 11.4 Å². The van der Waals surface area contributed by atoms with Crippen molar-refractivity contribution in [3.63, 3.8) is 0 Å². The van der Waals surface area contributed by atoms with Crippen molar-refractivity contribution >= 4 is 5.91 Å². The molecular weight excluding hydrogens is 326 g/mol. The van der Waals surface area contributed by atoms with Gasteiger partial charge in [-0.25, -0.2) is 0 Å². The standard InChI is InChI=1S/C20H27N5O/c1-4-24(18-8-6-5-7-9-18)19(26)14-25-22-20(21-23-25)17-12-10-16(11-13-17)15(2)3/h8,10-13,15H,4-7,9,14H2,1-3H3. The summed E-state index contributed by atoms with van der Waals surface area (Å²) in [5, 5.41) is 12.6. The van der Waals surface area contributed by atoms with Crippen molar-refractivity contribution in [2.45, 2.75) is 58.9 Å². The largest absolute Gasteiger partial charge is 0.315 e. The van der Waals surface area contributed by atoms with E-state index >= 15 is 0 Å². The first-order chi connectivity index (χ1) is 12.6. The van der Waals surface area contributed by atoms with E-state index in [-0.39, 0.29) is 12.5 Å². The first-order valence-electron chi connectivity index (χ1n) is 9.46. The van der Waals surface area contributed by atoms with E-state index < -0.39 is 0 Å². The highest BCUT2D eigenvalue weighted by molar-refractivity contribution is 5.77. The monoisotopic (exact) mass is 353 g/mol. The first kappa shape index (κ1) is 18.3. The Morgan fingerprint density at radius 1 is 1.23 bits per heavy atom. The zero-order valence-corrected chi connectivity index (χ0v) is 15.9. The Labute approximate surface area is 154 Å². The minimum absolute atomic E-state index is 0.0137. The van der Waals surface area contributed by atoms with E-state index in [2.05, 4.69) is 47.5 Å². The topological polar surface area (TPSA) is 63.9 Å². The maximum atomic E-state index is 12.7. The predicted molar refractivity (Wildman–Crippen MR) is 101 cm³/mol. The van der Waals surface area contributed by atoms with E-state index in [0.29, 0.717) is 18.3 Å². The second kappa shape index (κ2) is 8.25. The van der Waals surface area contributed by atoms with Gasteiger partial charge in [0.25, 0.3) is 0 Å². The van der Waals surface area contributed by atoms with Gasteiger partial charge >= 0.3 is 0 Å². The summed E-state index contributed by atoms with van der Waals surface area (Å²) in [7, 11) is 0. The number of amides is 1. The Morgan fingerprint density at radius 2 is 2.00 bits per heavy atom. The average Bonchev–Trinajstić information content (AvgIpc) is 3.11. The van der Waals surface area contributed by atoms with E-state index in [1.165, 1.54) is 16.8 Å². The third kappa shape index (κ3) is 4.18. The van der Waals surface area contributed by atoms with Crippen molar-refractivity contribution in [2.24, 2.45) is 0 Å². The average molecular weight is 353 g/mol. The molecule has 0 spiro atoms. The summed E-state index contributed by atoms with van der Waals surface area (Å²) < 4.78 is 0. The normalized spacial score (nSPS) is 14.4. The molecule has 1 aromatic heterocycles. The summed E-state index contributed by atoms with van der Waals surface area (Å²) in [5.41, 5.74) is 3.32. The smallest absolute Gasteiger partial charge is 0.250 e. The molecule has 1 aromatic carbocycles. The number of aromatic nitrogens is 4. The van der Waals surface area contributed by atoms with Crippen LogP contribution in [0.3, 0.4) is 0 Å². The van der Waals surface area contributed by atoms with Gasteiger partial charge in [-0.2, -0.15) is 4.80 Å². The van der Waals surface area contributed by atoms with Gasteiger partial charge in [0.05, 0.1) is 0 Å². The summed E-state index contributed by atoms with van der Waals surface area (Å²) in [5.74, 6) is 1.05. The number of tetrazole rings is 1. The highest BCUT2D eigenvalue weighted by Gasteiger charge is 2.19. The lowest BCUT2D eigenvalue weighted by Crippen LogP contribution is -2.34. The van der Waals surface area contributed by atoms with Crippen LogP contribution in [0.2, 0.25) is 0 Å². The Hall–Kier alpha value is -2.50. The molecule has 1 heterocycles. The van der Waals surface area contributed by atoms with Gasteiger partial charge in [-0.15, -0.1) is 10.2 Å². The van der Waals surface area contributed by atoms with Gasteiger partial charge in [0, 0.05) is 17.8 Å². The lowest BCUT2D eigenvalue weighted by molar-refractivity contribution is -0.130. The van der Waals surface area contributed by atoms with E-state index in [9.17, 15) is 4.79 Å². The molecule has 0 unspecified atom stereocenters. The van der Waals surface area contributed by atoms with Crippen LogP contribution in [0, 0.1) is 0 Å². The quantitative estimate of drug-likeness (QED) is 0.793. The van der Waals surface area contributed by atoms with Crippen molar-refractivity contribution < 1.29 is 4.79 Å². The highest BCUT2D eigenvalue weighted by Crippen LogP contribution is 2.22. The predicted octanol–water partition coefficient (Wildman–Crippen LogP) is 3.77. The minimum Gasteiger partial charge on any atom is -0.315 e. The Kier molecular flexibility index (Phi) is 5.81. The number of likely N-dealkylation sites (N-methyl/N-ethyl adjacent to an activating group) is 1. The van der Waals surface area contributed by atoms with Crippen molar-refractivity contribution in [1.29, 1.82) is 0 Å². The molecule has 1 amide bonds. The van der Waals surface area contributed by atoms with Crippen LogP contribution in [0.15, 0.2) is 36.0 Å². The molecule has 0 aliphatic heterocycles. The summed E-state index contributed by atoms with van der Waals surface area (Å²) >= 11 is 0. The number of rotatable bonds is 6. The van der Waals surface area contributed by atoms with Gasteiger partial charge in [-0.05, 0) is 49.3 Å². The molecule has 0 atom stereocenters. The molecule has 0 bridgehead atoms. The lowest BCUT2D eigenvalue weighted by Gasteiger charge is -2.26. The van der Waals surface area contributed by atoms with E-state index in [1.54, 1.807) is 0 Å². The molecule has 1 aliphatic carbocycles. The Balaban J connectivity index is 1.69. The van der Waals surface area contributed by atoms with Crippen molar-refractivity contribution in [2.75, 3.05) is 6.54 Å². The van der Waals surface area contributed by atoms with Gasteiger partial charge in [0.2, 0.25) is 11.7 Å². The molecule has 0 saturated heterocycles. The molecule has 138 valence electrons. The van der Waals surface area contributed by atoms with Gasteiger partial charge in [-0.1, -0.05) is 44.2 Å². The van der Waals surface area contributed by atoms with Crippen LogP contribution in [-0.4, -0.2) is 37.6 Å². The van der Waals surface area contributed by atoms with E-state index in [0.717, 1.165) is 30.5 Å². The summed E-state index contributed by atoms with van der Waals surface area (Å²) in [4.78, 5) is 15.9. The fourth-order valence-corrected chi connectivity index (χ4v) is 3.26. The van der Waals surface area contributed by atoms with Crippen LogP contribution in [0.1, 0.15) is 57.9 Å². The molecule has 0 N–H and O–H groups in total. The molecule has 26 heavy (non-hydrogen) atoms. The number of carbonyl (C=O) groups excluding carboxylic acids is 1. The van der Waals surface area contributed by atoms with Gasteiger partial charge in [0.1, 0.15) is 6.54 Å². The highest BCUT2D eigenvalue weighted by atomic mass is 16.2. The zero-order valence-electron chi connectivity index (χ0n) is 15.9. The summed E-state index contributed by atoms with van der Waals surface area (Å²) in [6.45, 7) is 7.11. The van der Waals surface area contributed by atoms with Crippen LogP contribution in [0.4, 0.5) is 0 Å². The van der Waals surface area contributed by atoms with Gasteiger partial charge in [-0.3, -0.25) is 4.79 Å². The van der Waals surface area contributed by atoms with Crippen LogP contribution in [0.5, 0.6) is 0 Å². The summed E-state index contributed by atoms with van der Waals surface area (Å²) in [6.07, 6.45) is 6.56. The number of nitrogens with zero attached hydrogens (tertiary/aromatic N) is 5. The lowest BCUT2D eigenvalue weighted by atomic mass is 10.0. The second-order valence-corrected chi connectivity index (χ2v) is 7.00. The van der Waals surface area contributed by atoms with E-state index in [4.69, 9.17) is 0 Å². The number of hydrogen-bond donors (Lipinski definition) is 0. The fraction of sp³-hybridized carbons (Fsp3) is 0.500. The van der Waals surface area contributed by atoms with Crippen LogP contribution < -0.4 is 0 Å². The molecule has 6 heteroatoms. The summed E-state index contributed by atoms with van der Waals surface area (Å²) in [6, 6.07) is 8.17. The van der Waals surface area contributed by atoms with E-state index in [1.807, 2.05) is 24.0 Å². The Morgan fingerprint density at radius 3 is 2.62 bits per heavy atom. The molecule has 6 nitrogen and oxygen atoms in total. The van der Waals surface area contributed by atoms with Gasteiger partial charge in [0.15, 0.2) is 0 Å². The number of allylic oxidation sites excluding steroid dienone is 2. The molecule has 1 aliphatic rings. The molecular formula is C20H27N5O. The van der Waals surface area contributed by atoms with Crippen molar-refractivity contribution in [3.05, 3.63) is 41.6 Å².